The maximum absolute atomic E-state index is 4.59. The number of rotatable bonds is 10. The van der Waals surface area contributed by atoms with Gasteiger partial charge in [0.1, 0.15) is 0 Å². The van der Waals surface area contributed by atoms with Crippen molar-refractivity contribution in [3.8, 4) is 11.3 Å². The molecule has 1 N–H and O–H groups in total. The van der Waals surface area contributed by atoms with E-state index in [9.17, 15) is 0 Å². The maximum Gasteiger partial charge on any atom is 0.203 e. The lowest BCUT2D eigenvalue weighted by molar-refractivity contribution is 0.211. The molecule has 3 aromatic rings. The minimum Gasteiger partial charge on any atom is -0.299 e. The number of nitrogens with zero attached hydrogens (tertiary/aromatic N) is 3. The topological polar surface area (TPSA) is 40.5 Å². The Morgan fingerprint density at radius 2 is 1.63 bits per heavy atom. The second kappa shape index (κ2) is 11.0. The molecule has 3 rings (SSSR count). The van der Waals surface area contributed by atoms with Crippen molar-refractivity contribution in [2.45, 2.75) is 34.2 Å². The van der Waals surface area contributed by atoms with Crippen molar-refractivity contribution < 1.29 is 0 Å². The summed E-state index contributed by atoms with van der Waals surface area (Å²) in [5.74, 6) is 1.35. The van der Waals surface area contributed by atoms with Gasteiger partial charge in [0.05, 0.1) is 11.9 Å². The third-order valence-corrected chi connectivity index (χ3v) is 5.33. The molecule has 2 aromatic carbocycles. The van der Waals surface area contributed by atoms with Gasteiger partial charge in [0.15, 0.2) is 0 Å². The van der Waals surface area contributed by atoms with Crippen LogP contribution < -0.4 is 5.43 Å². The van der Waals surface area contributed by atoms with Crippen LogP contribution in [0.25, 0.3) is 11.3 Å². The second-order valence-corrected chi connectivity index (χ2v) is 9.36. The average Bonchev–Trinajstić information content (AvgIpc) is 3.18. The first kappa shape index (κ1) is 22.2. The van der Waals surface area contributed by atoms with E-state index in [1.165, 1.54) is 5.56 Å². The molecule has 0 saturated carbocycles. The molecule has 158 valence electrons. The van der Waals surface area contributed by atoms with Gasteiger partial charge in [-0.15, -0.1) is 11.3 Å². The van der Waals surface area contributed by atoms with Crippen molar-refractivity contribution in [3.05, 3.63) is 71.1 Å². The smallest absolute Gasteiger partial charge is 0.203 e. The zero-order chi connectivity index (χ0) is 21.3. The van der Waals surface area contributed by atoms with Crippen molar-refractivity contribution >= 4 is 22.7 Å². The van der Waals surface area contributed by atoms with Crippen LogP contribution in [0.15, 0.2) is 65.1 Å². The van der Waals surface area contributed by atoms with E-state index >= 15 is 0 Å². The summed E-state index contributed by atoms with van der Waals surface area (Å²) in [5, 5.41) is 7.19. The molecule has 0 radical (unpaired) electrons. The molecule has 0 aliphatic carbocycles. The normalized spacial score (nSPS) is 11.8. The number of thiazole rings is 1. The van der Waals surface area contributed by atoms with Crippen LogP contribution in [-0.4, -0.2) is 29.2 Å². The van der Waals surface area contributed by atoms with E-state index in [0.717, 1.165) is 41.6 Å². The fraction of sp³-hybridized carbons (Fsp3) is 0.360. The molecule has 0 saturated heterocycles. The third kappa shape index (κ3) is 7.08. The molecule has 0 fully saturated rings. The Labute approximate surface area is 184 Å². The predicted molar refractivity (Wildman–Crippen MR) is 130 cm³/mol. The molecule has 5 heteroatoms. The summed E-state index contributed by atoms with van der Waals surface area (Å²) >= 11 is 1.56. The van der Waals surface area contributed by atoms with Gasteiger partial charge in [-0.1, -0.05) is 82.3 Å². The Bertz CT molecular complexity index is 904. The van der Waals surface area contributed by atoms with Gasteiger partial charge in [0.25, 0.3) is 0 Å². The Kier molecular flexibility index (Phi) is 8.17. The van der Waals surface area contributed by atoms with Crippen LogP contribution in [0.5, 0.6) is 0 Å². The lowest BCUT2D eigenvalue weighted by atomic mass is 10.1. The van der Waals surface area contributed by atoms with E-state index in [4.69, 9.17) is 0 Å². The quantitative estimate of drug-likeness (QED) is 0.306. The average molecular weight is 421 g/mol. The fourth-order valence-electron chi connectivity index (χ4n) is 3.43. The second-order valence-electron chi connectivity index (χ2n) is 8.50. The van der Waals surface area contributed by atoms with E-state index in [-0.39, 0.29) is 0 Å². The van der Waals surface area contributed by atoms with Gasteiger partial charge >= 0.3 is 0 Å². The molecule has 0 amide bonds. The summed E-state index contributed by atoms with van der Waals surface area (Å²) in [7, 11) is 0. The van der Waals surface area contributed by atoms with Crippen LogP contribution in [-0.2, 0) is 6.54 Å². The molecular formula is C25H32N4S. The highest BCUT2D eigenvalue weighted by Gasteiger charge is 2.10. The summed E-state index contributed by atoms with van der Waals surface area (Å²) < 4.78 is 0. The van der Waals surface area contributed by atoms with Gasteiger partial charge < -0.3 is 0 Å². The lowest BCUT2D eigenvalue weighted by Gasteiger charge is -2.26. The Morgan fingerprint density at radius 1 is 0.967 bits per heavy atom. The highest BCUT2D eigenvalue weighted by atomic mass is 32.1. The highest BCUT2D eigenvalue weighted by molar-refractivity contribution is 7.14. The van der Waals surface area contributed by atoms with Crippen molar-refractivity contribution in [3.63, 3.8) is 0 Å². The fourth-order valence-corrected chi connectivity index (χ4v) is 4.10. The van der Waals surface area contributed by atoms with E-state index < -0.39 is 0 Å². The van der Waals surface area contributed by atoms with Crippen LogP contribution in [0.1, 0.15) is 38.8 Å². The van der Waals surface area contributed by atoms with Crippen molar-refractivity contribution in [1.82, 2.24) is 9.88 Å². The summed E-state index contributed by atoms with van der Waals surface area (Å²) in [4.78, 5) is 7.14. The number of hydrogen-bond donors (Lipinski definition) is 1. The molecule has 1 aromatic heterocycles. The monoisotopic (exact) mass is 420 g/mol. The first-order valence-electron chi connectivity index (χ1n) is 10.6. The van der Waals surface area contributed by atoms with Crippen LogP contribution in [0.2, 0.25) is 0 Å². The largest absolute Gasteiger partial charge is 0.299 e. The number of nitrogens with one attached hydrogen (secondary N) is 1. The minimum atomic E-state index is 0.675. The molecule has 0 bridgehead atoms. The maximum atomic E-state index is 4.59. The van der Waals surface area contributed by atoms with Gasteiger partial charge in [-0.2, -0.15) is 5.10 Å². The number of hydrazone groups is 1. The molecule has 30 heavy (non-hydrogen) atoms. The van der Waals surface area contributed by atoms with E-state index in [0.29, 0.717) is 11.8 Å². The number of aromatic nitrogens is 1. The first-order valence-corrected chi connectivity index (χ1v) is 11.5. The van der Waals surface area contributed by atoms with Crippen molar-refractivity contribution in [2.24, 2.45) is 16.9 Å². The molecule has 1 heterocycles. The Morgan fingerprint density at radius 3 is 2.27 bits per heavy atom. The minimum absolute atomic E-state index is 0.675. The lowest BCUT2D eigenvalue weighted by Crippen LogP contribution is -2.30. The zero-order valence-electron chi connectivity index (χ0n) is 18.4. The molecule has 0 spiro atoms. The SMILES string of the molecule is CC(C)CN(Cc1ccc(C=NNc2nc(-c3ccccc3)cs2)cc1)CC(C)C. The number of hydrogen-bond acceptors (Lipinski definition) is 5. The molecule has 0 aliphatic heterocycles. The van der Waals surface area contributed by atoms with Gasteiger partial charge in [0, 0.05) is 30.6 Å². The van der Waals surface area contributed by atoms with Gasteiger partial charge in [-0.05, 0) is 23.0 Å². The van der Waals surface area contributed by atoms with Crippen molar-refractivity contribution in [2.75, 3.05) is 18.5 Å². The predicted octanol–water partition coefficient (Wildman–Crippen LogP) is 6.37. The molecule has 0 unspecified atom stereocenters. The standard InChI is InChI=1S/C25H32N4S/c1-19(2)15-29(16-20(3)4)17-22-12-10-21(11-13-22)14-26-28-25-27-24(18-30-25)23-8-6-5-7-9-23/h5-14,18-20H,15-17H2,1-4H3,(H,27,28). The van der Waals surface area contributed by atoms with Crippen LogP contribution in [0.4, 0.5) is 5.13 Å². The molecular weight excluding hydrogens is 388 g/mol. The summed E-state index contributed by atoms with van der Waals surface area (Å²) in [6.07, 6.45) is 1.84. The highest BCUT2D eigenvalue weighted by Crippen LogP contribution is 2.24. The Balaban J connectivity index is 1.55. The van der Waals surface area contributed by atoms with Crippen molar-refractivity contribution in [1.29, 1.82) is 0 Å². The first-order chi connectivity index (χ1) is 14.5. The molecule has 4 nitrogen and oxygen atoms in total. The van der Waals surface area contributed by atoms with E-state index in [2.05, 4.69) is 84.5 Å². The van der Waals surface area contributed by atoms with Crippen LogP contribution >= 0.6 is 11.3 Å². The summed E-state index contributed by atoms with van der Waals surface area (Å²) in [6.45, 7) is 12.4. The third-order valence-electron chi connectivity index (χ3n) is 4.58. The molecule has 0 aliphatic rings. The van der Waals surface area contributed by atoms with E-state index in [1.807, 2.05) is 29.8 Å². The number of benzene rings is 2. The van der Waals surface area contributed by atoms with Gasteiger partial charge in [-0.25, -0.2) is 4.98 Å². The van der Waals surface area contributed by atoms with Crippen LogP contribution in [0, 0.1) is 11.8 Å². The zero-order valence-corrected chi connectivity index (χ0v) is 19.2. The van der Waals surface area contributed by atoms with Crippen LogP contribution in [0.3, 0.4) is 0 Å². The van der Waals surface area contributed by atoms with E-state index in [1.54, 1.807) is 11.3 Å². The van der Waals surface area contributed by atoms with Gasteiger partial charge in [-0.3, -0.25) is 10.3 Å². The van der Waals surface area contributed by atoms with Gasteiger partial charge in [0.2, 0.25) is 5.13 Å². The molecule has 0 atom stereocenters. The Hall–Kier alpha value is -2.50. The number of anilines is 1. The summed E-state index contributed by atoms with van der Waals surface area (Å²) in [6, 6.07) is 18.8. The summed E-state index contributed by atoms with van der Waals surface area (Å²) in [5.41, 5.74) is 7.54.